The van der Waals surface area contributed by atoms with Gasteiger partial charge in [-0.3, -0.25) is 9.69 Å². The quantitative estimate of drug-likeness (QED) is 0.371. The molecule has 1 heterocycles. The minimum absolute atomic E-state index is 0.0108. The number of hydrogen-bond donors (Lipinski definition) is 2. The van der Waals surface area contributed by atoms with Gasteiger partial charge in [0.1, 0.15) is 23.7 Å². The molecule has 1 amide bonds. The summed E-state index contributed by atoms with van der Waals surface area (Å²) in [6.07, 6.45) is 10.5. The minimum Gasteiger partial charge on any atom is -0.488 e. The van der Waals surface area contributed by atoms with Crippen molar-refractivity contribution in [1.82, 2.24) is 14.9 Å². The van der Waals surface area contributed by atoms with Gasteiger partial charge in [-0.15, -0.1) is 0 Å². The van der Waals surface area contributed by atoms with Crippen molar-refractivity contribution >= 4 is 45.6 Å². The number of likely N-dealkylation sites (N-methyl/N-ethyl adjacent to an activating group) is 1. The van der Waals surface area contributed by atoms with Crippen LogP contribution in [0.4, 0.5) is 21.6 Å². The Morgan fingerprint density at radius 3 is 2.77 bits per heavy atom. The zero-order valence-electron chi connectivity index (χ0n) is 19.4. The third-order valence-electron chi connectivity index (χ3n) is 6.36. The van der Waals surface area contributed by atoms with Gasteiger partial charge < -0.3 is 15.4 Å². The molecule has 0 bridgehead atoms. The van der Waals surface area contributed by atoms with Gasteiger partial charge in [0.2, 0.25) is 5.91 Å². The van der Waals surface area contributed by atoms with Crippen LogP contribution in [0.3, 0.4) is 0 Å². The highest BCUT2D eigenvalue weighted by Crippen LogP contribution is 2.36. The summed E-state index contributed by atoms with van der Waals surface area (Å²) < 4.78 is 19.7. The largest absolute Gasteiger partial charge is 0.488 e. The van der Waals surface area contributed by atoms with Crippen LogP contribution in [0, 0.1) is 5.82 Å². The van der Waals surface area contributed by atoms with Crippen LogP contribution in [0.1, 0.15) is 32.1 Å². The highest BCUT2D eigenvalue weighted by atomic mass is 35.5. The zero-order valence-corrected chi connectivity index (χ0v) is 20.2. The summed E-state index contributed by atoms with van der Waals surface area (Å²) in [6, 6.07) is 8.61. The number of ether oxygens (including phenoxy) is 1. The molecule has 9 heteroatoms. The van der Waals surface area contributed by atoms with Crippen LogP contribution in [0.2, 0.25) is 5.02 Å². The molecule has 7 nitrogen and oxygen atoms in total. The van der Waals surface area contributed by atoms with Crippen LogP contribution in [0.5, 0.6) is 5.75 Å². The second-order valence-corrected chi connectivity index (χ2v) is 9.48. The number of anilines is 3. The summed E-state index contributed by atoms with van der Waals surface area (Å²) in [6.45, 7) is 0.726. The van der Waals surface area contributed by atoms with E-state index in [0.717, 1.165) is 25.8 Å². The fourth-order valence-electron chi connectivity index (χ4n) is 3.92. The Balaban J connectivity index is 1.42. The average Bonchev–Trinajstić information content (AvgIpc) is 3.65. The monoisotopic (exact) mass is 495 g/mol. The molecular formula is C26H27ClFN5O2. The first-order valence-electron chi connectivity index (χ1n) is 11.8. The highest BCUT2D eigenvalue weighted by molar-refractivity contribution is 6.31. The molecule has 0 saturated heterocycles. The molecule has 0 spiro atoms. The lowest BCUT2D eigenvalue weighted by Gasteiger charge is -2.27. The molecule has 35 heavy (non-hydrogen) atoms. The molecule has 0 aliphatic heterocycles. The molecule has 182 valence electrons. The zero-order chi connectivity index (χ0) is 24.4. The van der Waals surface area contributed by atoms with Crippen molar-refractivity contribution in [1.29, 1.82) is 0 Å². The van der Waals surface area contributed by atoms with Crippen LogP contribution >= 0.6 is 11.6 Å². The third kappa shape index (κ3) is 5.71. The summed E-state index contributed by atoms with van der Waals surface area (Å²) in [5.41, 5.74) is 1.79. The number of carbonyl (C=O) groups excluding carboxylic acids is 1. The standard InChI is InChI=1S/C26H27ClFN5O2/c1-33(17-8-9-17)11-3-6-25(34)32-23-13-19-22(14-24(23)35-18-4-2-5-18)29-15-30-26(19)31-16-7-10-21(28)20(27)12-16/h3,6-7,10,12-15,17-18H,2,4-5,8-9,11H2,1H3,(H,32,34)(H,29,30,31). The number of nitrogens with zero attached hydrogens (tertiary/aromatic N) is 3. The maximum Gasteiger partial charge on any atom is 0.248 e. The predicted octanol–water partition coefficient (Wildman–Crippen LogP) is 5.69. The number of amides is 1. The molecule has 2 aromatic carbocycles. The van der Waals surface area contributed by atoms with Crippen molar-refractivity contribution in [3.8, 4) is 5.75 Å². The summed E-state index contributed by atoms with van der Waals surface area (Å²) in [7, 11) is 2.07. The molecule has 2 aliphatic carbocycles. The van der Waals surface area contributed by atoms with E-state index < -0.39 is 5.82 Å². The fourth-order valence-corrected chi connectivity index (χ4v) is 4.10. The first kappa shape index (κ1) is 23.5. The maximum atomic E-state index is 13.6. The van der Waals surface area contributed by atoms with Crippen molar-refractivity contribution < 1.29 is 13.9 Å². The van der Waals surface area contributed by atoms with Crippen molar-refractivity contribution in [2.24, 2.45) is 0 Å². The lowest BCUT2D eigenvalue weighted by atomic mass is 9.96. The SMILES string of the molecule is CN(CC=CC(=O)Nc1cc2c(Nc3ccc(F)c(Cl)c3)ncnc2cc1OC1CCC1)C1CC1. The molecule has 2 N–H and O–H groups in total. The van der Waals surface area contributed by atoms with E-state index in [1.807, 2.05) is 12.1 Å². The number of halogens is 2. The number of aromatic nitrogens is 2. The lowest BCUT2D eigenvalue weighted by molar-refractivity contribution is -0.111. The summed E-state index contributed by atoms with van der Waals surface area (Å²) in [4.78, 5) is 23.7. The van der Waals surface area contributed by atoms with E-state index in [-0.39, 0.29) is 17.0 Å². The third-order valence-corrected chi connectivity index (χ3v) is 6.65. The van der Waals surface area contributed by atoms with E-state index in [2.05, 4.69) is 32.5 Å². The predicted molar refractivity (Wildman–Crippen MR) is 136 cm³/mol. The first-order valence-corrected chi connectivity index (χ1v) is 12.2. The number of carbonyl (C=O) groups is 1. The Morgan fingerprint density at radius 1 is 1.23 bits per heavy atom. The van der Waals surface area contributed by atoms with E-state index in [4.69, 9.17) is 16.3 Å². The molecule has 0 atom stereocenters. The van der Waals surface area contributed by atoms with E-state index in [9.17, 15) is 9.18 Å². The second-order valence-electron chi connectivity index (χ2n) is 9.07. The van der Waals surface area contributed by atoms with Crippen LogP contribution in [-0.4, -0.2) is 46.5 Å². The van der Waals surface area contributed by atoms with Crippen LogP contribution in [-0.2, 0) is 4.79 Å². The minimum atomic E-state index is -0.496. The van der Waals surface area contributed by atoms with Gasteiger partial charge in [-0.2, -0.15) is 0 Å². The number of rotatable bonds is 9. The number of nitrogens with one attached hydrogen (secondary N) is 2. The molecule has 2 saturated carbocycles. The van der Waals surface area contributed by atoms with Gasteiger partial charge in [0.25, 0.3) is 0 Å². The summed E-state index contributed by atoms with van der Waals surface area (Å²) >= 11 is 5.93. The normalized spacial score (nSPS) is 16.0. The fraction of sp³-hybridized carbons (Fsp3) is 0.346. The molecule has 2 fully saturated rings. The molecule has 0 radical (unpaired) electrons. The van der Waals surface area contributed by atoms with Gasteiger partial charge in [0, 0.05) is 35.8 Å². The molecule has 0 unspecified atom stereocenters. The van der Waals surface area contributed by atoms with Crippen molar-refractivity contribution in [3.63, 3.8) is 0 Å². The van der Waals surface area contributed by atoms with Gasteiger partial charge in [0.05, 0.1) is 22.3 Å². The van der Waals surface area contributed by atoms with Gasteiger partial charge in [-0.25, -0.2) is 14.4 Å². The molecular weight excluding hydrogens is 469 g/mol. The smallest absolute Gasteiger partial charge is 0.248 e. The van der Waals surface area contributed by atoms with Gasteiger partial charge >= 0.3 is 0 Å². The Bertz CT molecular complexity index is 1280. The lowest BCUT2D eigenvalue weighted by Crippen LogP contribution is -2.25. The molecule has 3 aromatic rings. The Morgan fingerprint density at radius 2 is 2.06 bits per heavy atom. The first-order chi connectivity index (χ1) is 17.0. The topological polar surface area (TPSA) is 79.4 Å². The molecule has 1 aromatic heterocycles. The highest BCUT2D eigenvalue weighted by Gasteiger charge is 2.25. The Labute approximate surface area is 208 Å². The Hall–Kier alpha value is -3.23. The van der Waals surface area contributed by atoms with E-state index in [0.29, 0.717) is 39.9 Å². The van der Waals surface area contributed by atoms with E-state index in [1.54, 1.807) is 18.2 Å². The Kier molecular flexibility index (Phi) is 6.83. The van der Waals surface area contributed by atoms with Crippen molar-refractivity contribution in [2.75, 3.05) is 24.2 Å². The molecule has 5 rings (SSSR count). The van der Waals surface area contributed by atoms with Gasteiger partial charge in [-0.1, -0.05) is 17.7 Å². The van der Waals surface area contributed by atoms with Crippen molar-refractivity contribution in [2.45, 2.75) is 44.2 Å². The number of fused-ring (bicyclic) bond motifs is 1. The van der Waals surface area contributed by atoms with Crippen LogP contribution in [0.25, 0.3) is 10.9 Å². The van der Waals surface area contributed by atoms with E-state index in [1.165, 1.54) is 31.3 Å². The maximum absolute atomic E-state index is 13.6. The van der Waals surface area contributed by atoms with Crippen LogP contribution in [0.15, 0.2) is 48.8 Å². The van der Waals surface area contributed by atoms with Crippen molar-refractivity contribution in [3.05, 3.63) is 59.7 Å². The number of benzene rings is 2. The number of hydrogen-bond acceptors (Lipinski definition) is 6. The second kappa shape index (κ2) is 10.2. The molecule has 2 aliphatic rings. The van der Waals surface area contributed by atoms with Gasteiger partial charge in [-0.05, 0) is 63.4 Å². The summed E-state index contributed by atoms with van der Waals surface area (Å²) in [5, 5.41) is 6.82. The van der Waals surface area contributed by atoms with Gasteiger partial charge in [0.15, 0.2) is 0 Å². The van der Waals surface area contributed by atoms with E-state index >= 15 is 0 Å². The average molecular weight is 496 g/mol. The summed E-state index contributed by atoms with van der Waals surface area (Å²) in [5.74, 6) is 0.353. The van der Waals surface area contributed by atoms with Crippen LogP contribution < -0.4 is 15.4 Å².